The van der Waals surface area contributed by atoms with Crippen molar-refractivity contribution in [2.45, 2.75) is 37.3 Å². The van der Waals surface area contributed by atoms with Crippen LogP contribution in [0.3, 0.4) is 0 Å². The van der Waals surface area contributed by atoms with E-state index in [4.69, 9.17) is 18.0 Å². The van der Waals surface area contributed by atoms with Gasteiger partial charge in [0.05, 0.1) is 12.5 Å². The monoisotopic (exact) mass is 316 g/mol. The van der Waals surface area contributed by atoms with E-state index in [0.717, 1.165) is 17.9 Å². The molecule has 116 valence electrons. The standard InChI is InChI=1S/C18H21ClN2O/c1-3-10-20-18(22)17-15(12-4-6-13(19)7-5-12)11-14-8-9-16(17)21(14)2/h1,4-7,14-17H,8-11H2,2H3,(H,20,22)/t14-,15-,16?,17?/m1/s1. The number of hydrogen-bond donors (Lipinski definition) is 1. The van der Waals surface area contributed by atoms with Crippen molar-refractivity contribution in [1.29, 1.82) is 0 Å². The highest BCUT2D eigenvalue weighted by Crippen LogP contribution is 2.46. The summed E-state index contributed by atoms with van der Waals surface area (Å²) < 4.78 is 0. The van der Waals surface area contributed by atoms with Gasteiger partial charge in [-0.15, -0.1) is 6.42 Å². The summed E-state index contributed by atoms with van der Waals surface area (Å²) in [6.45, 7) is 0.294. The van der Waals surface area contributed by atoms with E-state index in [-0.39, 0.29) is 17.7 Å². The number of amides is 1. The van der Waals surface area contributed by atoms with Crippen LogP contribution >= 0.6 is 11.6 Å². The van der Waals surface area contributed by atoms with E-state index in [0.29, 0.717) is 18.6 Å². The molecule has 3 nitrogen and oxygen atoms in total. The third kappa shape index (κ3) is 2.74. The summed E-state index contributed by atoms with van der Waals surface area (Å²) in [5.74, 6) is 2.77. The van der Waals surface area contributed by atoms with Gasteiger partial charge >= 0.3 is 0 Å². The molecule has 4 heteroatoms. The zero-order chi connectivity index (χ0) is 15.7. The van der Waals surface area contributed by atoms with Crippen molar-refractivity contribution in [3.8, 4) is 12.3 Å². The summed E-state index contributed by atoms with van der Waals surface area (Å²) in [6.07, 6.45) is 8.55. The Bertz CT molecular complexity index is 592. The van der Waals surface area contributed by atoms with E-state index in [1.54, 1.807) is 0 Å². The van der Waals surface area contributed by atoms with Gasteiger partial charge in [-0.05, 0) is 49.9 Å². The Kier molecular flexibility index (Phi) is 4.42. The van der Waals surface area contributed by atoms with Gasteiger partial charge < -0.3 is 5.32 Å². The third-order valence-corrected chi connectivity index (χ3v) is 5.49. The van der Waals surface area contributed by atoms with E-state index in [1.807, 2.05) is 12.1 Å². The molecule has 2 saturated heterocycles. The van der Waals surface area contributed by atoms with E-state index in [2.05, 4.69) is 35.3 Å². The van der Waals surface area contributed by atoms with Crippen LogP contribution in [0.1, 0.15) is 30.7 Å². The first kappa shape index (κ1) is 15.4. The Balaban J connectivity index is 1.90. The van der Waals surface area contributed by atoms with Gasteiger partial charge in [-0.2, -0.15) is 0 Å². The van der Waals surface area contributed by atoms with Gasteiger partial charge in [-0.3, -0.25) is 9.69 Å². The van der Waals surface area contributed by atoms with Gasteiger partial charge in [0.2, 0.25) is 5.91 Å². The Hall–Kier alpha value is -1.50. The fraction of sp³-hybridized carbons (Fsp3) is 0.500. The summed E-state index contributed by atoms with van der Waals surface area (Å²) in [5, 5.41) is 3.62. The number of carbonyl (C=O) groups excluding carboxylic acids is 1. The molecule has 22 heavy (non-hydrogen) atoms. The maximum atomic E-state index is 12.7. The van der Waals surface area contributed by atoms with Gasteiger partial charge in [0.25, 0.3) is 0 Å². The first-order valence-electron chi connectivity index (χ1n) is 7.80. The Morgan fingerprint density at radius 2 is 2.14 bits per heavy atom. The molecule has 0 saturated carbocycles. The summed E-state index contributed by atoms with van der Waals surface area (Å²) in [7, 11) is 2.14. The number of terminal acetylenes is 1. The average molecular weight is 317 g/mol. The van der Waals surface area contributed by atoms with Crippen LogP contribution in [0.5, 0.6) is 0 Å². The number of benzene rings is 1. The normalized spacial score (nSPS) is 30.8. The fourth-order valence-electron chi connectivity index (χ4n) is 4.13. The third-order valence-electron chi connectivity index (χ3n) is 5.23. The molecule has 1 amide bonds. The molecule has 1 aromatic carbocycles. The predicted octanol–water partition coefficient (Wildman–Crippen LogP) is 2.66. The van der Waals surface area contributed by atoms with E-state index >= 15 is 0 Å². The largest absolute Gasteiger partial charge is 0.345 e. The fourth-order valence-corrected chi connectivity index (χ4v) is 4.26. The van der Waals surface area contributed by atoms with E-state index < -0.39 is 0 Å². The van der Waals surface area contributed by atoms with Crippen molar-refractivity contribution in [3.63, 3.8) is 0 Å². The molecule has 2 aliphatic heterocycles. The highest BCUT2D eigenvalue weighted by atomic mass is 35.5. The lowest BCUT2D eigenvalue weighted by atomic mass is 9.75. The average Bonchev–Trinajstić information content (AvgIpc) is 2.75. The quantitative estimate of drug-likeness (QED) is 0.870. The Labute approximate surface area is 137 Å². The van der Waals surface area contributed by atoms with E-state index in [9.17, 15) is 4.79 Å². The summed E-state index contributed by atoms with van der Waals surface area (Å²) in [6, 6.07) is 8.80. The SMILES string of the molecule is C#CCNC(=O)C1C2CC[C@H](C[C@@H]1c1ccc(Cl)cc1)N2C. The van der Waals surface area contributed by atoms with Gasteiger partial charge in [0.15, 0.2) is 0 Å². The number of rotatable bonds is 3. The summed E-state index contributed by atoms with van der Waals surface area (Å²) in [5.41, 5.74) is 1.20. The molecule has 0 aliphatic carbocycles. The van der Waals surface area contributed by atoms with Crippen LogP contribution in [0.2, 0.25) is 5.02 Å². The molecular formula is C18H21ClN2O. The molecule has 2 bridgehead atoms. The molecule has 2 fully saturated rings. The summed E-state index contributed by atoms with van der Waals surface area (Å²) in [4.78, 5) is 15.1. The molecule has 1 N–H and O–H groups in total. The predicted molar refractivity (Wildman–Crippen MR) is 88.7 cm³/mol. The van der Waals surface area contributed by atoms with E-state index in [1.165, 1.54) is 12.0 Å². The molecule has 2 aliphatic rings. The lowest BCUT2D eigenvalue weighted by Gasteiger charge is -2.42. The lowest BCUT2D eigenvalue weighted by molar-refractivity contribution is -0.129. The minimum atomic E-state index is -0.0433. The molecule has 4 atom stereocenters. The zero-order valence-electron chi connectivity index (χ0n) is 12.8. The molecule has 2 heterocycles. The molecule has 0 radical (unpaired) electrons. The van der Waals surface area contributed by atoms with Crippen molar-refractivity contribution in [1.82, 2.24) is 10.2 Å². The van der Waals surface area contributed by atoms with Crippen molar-refractivity contribution in [2.24, 2.45) is 5.92 Å². The zero-order valence-corrected chi connectivity index (χ0v) is 13.5. The first-order chi connectivity index (χ1) is 10.6. The van der Waals surface area contributed by atoms with Crippen molar-refractivity contribution >= 4 is 17.5 Å². The second-order valence-electron chi connectivity index (χ2n) is 6.31. The van der Waals surface area contributed by atoms with Crippen LogP contribution in [0.15, 0.2) is 24.3 Å². The smallest absolute Gasteiger partial charge is 0.226 e. The molecular weight excluding hydrogens is 296 g/mol. The molecule has 0 spiro atoms. The second-order valence-corrected chi connectivity index (χ2v) is 6.74. The Morgan fingerprint density at radius 3 is 2.82 bits per heavy atom. The van der Waals surface area contributed by atoms with Gasteiger partial charge in [0.1, 0.15) is 0 Å². The van der Waals surface area contributed by atoms with Gasteiger partial charge in [-0.25, -0.2) is 0 Å². The van der Waals surface area contributed by atoms with Crippen LogP contribution in [0.25, 0.3) is 0 Å². The number of nitrogens with one attached hydrogen (secondary N) is 1. The minimum Gasteiger partial charge on any atom is -0.345 e. The van der Waals surface area contributed by atoms with Gasteiger partial charge in [-0.1, -0.05) is 29.7 Å². The number of halogens is 1. The van der Waals surface area contributed by atoms with Crippen LogP contribution in [0, 0.1) is 18.3 Å². The maximum Gasteiger partial charge on any atom is 0.226 e. The highest BCUT2D eigenvalue weighted by Gasteiger charge is 2.48. The lowest BCUT2D eigenvalue weighted by Crippen LogP contribution is -2.51. The number of hydrogen-bond acceptors (Lipinski definition) is 2. The van der Waals surface area contributed by atoms with Crippen LogP contribution in [-0.4, -0.2) is 36.5 Å². The number of piperidine rings is 1. The molecule has 0 aromatic heterocycles. The summed E-state index contributed by atoms with van der Waals surface area (Å²) >= 11 is 6.00. The second kappa shape index (κ2) is 6.32. The first-order valence-corrected chi connectivity index (χ1v) is 8.18. The van der Waals surface area contributed by atoms with Crippen LogP contribution in [-0.2, 0) is 4.79 Å². The van der Waals surface area contributed by atoms with Crippen LogP contribution in [0.4, 0.5) is 0 Å². The van der Waals surface area contributed by atoms with Crippen molar-refractivity contribution < 1.29 is 4.79 Å². The number of carbonyl (C=O) groups is 1. The minimum absolute atomic E-state index is 0.0433. The number of nitrogens with zero attached hydrogens (tertiary/aromatic N) is 1. The van der Waals surface area contributed by atoms with Crippen molar-refractivity contribution in [2.75, 3.05) is 13.6 Å². The Morgan fingerprint density at radius 1 is 1.41 bits per heavy atom. The molecule has 2 unspecified atom stereocenters. The topological polar surface area (TPSA) is 32.3 Å². The highest BCUT2D eigenvalue weighted by molar-refractivity contribution is 6.30. The van der Waals surface area contributed by atoms with Crippen LogP contribution < -0.4 is 5.32 Å². The molecule has 3 rings (SSSR count). The van der Waals surface area contributed by atoms with Crippen molar-refractivity contribution in [3.05, 3.63) is 34.9 Å². The molecule has 1 aromatic rings. The number of fused-ring (bicyclic) bond motifs is 2. The maximum absolute atomic E-state index is 12.7. The van der Waals surface area contributed by atoms with Gasteiger partial charge in [0, 0.05) is 17.1 Å².